The number of nitrogens with zero attached hydrogens (tertiary/aromatic N) is 1. The fourth-order valence-electron chi connectivity index (χ4n) is 2.16. The predicted octanol–water partition coefficient (Wildman–Crippen LogP) is 2.55. The van der Waals surface area contributed by atoms with Crippen molar-refractivity contribution < 1.29 is 5.11 Å². The van der Waals surface area contributed by atoms with E-state index in [2.05, 4.69) is 31.7 Å². The maximum absolute atomic E-state index is 9.73. The van der Waals surface area contributed by atoms with Crippen molar-refractivity contribution in [3.8, 4) is 5.75 Å². The van der Waals surface area contributed by atoms with Crippen molar-refractivity contribution in [3.63, 3.8) is 0 Å². The third-order valence-corrected chi connectivity index (χ3v) is 3.19. The van der Waals surface area contributed by atoms with Gasteiger partial charge in [0.25, 0.3) is 0 Å². The van der Waals surface area contributed by atoms with Crippen LogP contribution < -0.4 is 0 Å². The zero-order valence-corrected chi connectivity index (χ0v) is 9.75. The monoisotopic (exact) mass is 205 g/mol. The predicted molar refractivity (Wildman–Crippen MR) is 62.0 cm³/mol. The molecular formula is C13H19NO. The highest BCUT2D eigenvalue weighted by Crippen LogP contribution is 2.29. The Morgan fingerprint density at radius 3 is 2.67 bits per heavy atom. The lowest BCUT2D eigenvalue weighted by Crippen LogP contribution is -2.44. The van der Waals surface area contributed by atoms with Crippen LogP contribution in [0.5, 0.6) is 5.75 Å². The molecule has 0 atom stereocenters. The van der Waals surface area contributed by atoms with Gasteiger partial charge in [0, 0.05) is 18.6 Å². The van der Waals surface area contributed by atoms with Gasteiger partial charge >= 0.3 is 0 Å². The summed E-state index contributed by atoms with van der Waals surface area (Å²) in [4.78, 5) is 2.45. The number of rotatable bonds is 0. The molecule has 15 heavy (non-hydrogen) atoms. The third-order valence-electron chi connectivity index (χ3n) is 3.19. The summed E-state index contributed by atoms with van der Waals surface area (Å²) in [5.74, 6) is 0.459. The average Bonchev–Trinajstić information content (AvgIpc) is 2.16. The van der Waals surface area contributed by atoms with Crippen molar-refractivity contribution in [1.82, 2.24) is 4.90 Å². The third kappa shape index (κ3) is 2.00. The molecule has 1 aliphatic rings. The van der Waals surface area contributed by atoms with E-state index in [0.717, 1.165) is 25.1 Å². The molecule has 0 amide bonds. The molecule has 0 aliphatic carbocycles. The van der Waals surface area contributed by atoms with Gasteiger partial charge in [-0.15, -0.1) is 0 Å². The van der Waals surface area contributed by atoms with Gasteiger partial charge in [-0.05, 0) is 44.4 Å². The van der Waals surface area contributed by atoms with Crippen molar-refractivity contribution in [2.24, 2.45) is 0 Å². The van der Waals surface area contributed by atoms with E-state index in [1.807, 2.05) is 6.07 Å². The van der Waals surface area contributed by atoms with Crippen LogP contribution in [0.2, 0.25) is 0 Å². The minimum Gasteiger partial charge on any atom is -0.508 e. The molecule has 2 nitrogen and oxygen atoms in total. The Bertz CT molecular complexity index is 365. The van der Waals surface area contributed by atoms with E-state index in [1.165, 1.54) is 5.56 Å². The first-order chi connectivity index (χ1) is 6.98. The van der Waals surface area contributed by atoms with Crippen LogP contribution in [0.3, 0.4) is 0 Å². The smallest absolute Gasteiger partial charge is 0.119 e. The van der Waals surface area contributed by atoms with Gasteiger partial charge in [-0.25, -0.2) is 0 Å². The first-order valence-corrected chi connectivity index (χ1v) is 5.53. The van der Waals surface area contributed by atoms with E-state index in [0.29, 0.717) is 5.75 Å². The molecule has 2 rings (SSSR count). The molecule has 1 N–H and O–H groups in total. The highest BCUT2D eigenvalue weighted by molar-refractivity contribution is 5.40. The molecule has 0 spiro atoms. The molecule has 2 heteroatoms. The first-order valence-electron chi connectivity index (χ1n) is 5.53. The molecule has 0 saturated carbocycles. The van der Waals surface area contributed by atoms with E-state index in [9.17, 15) is 5.11 Å². The molecule has 0 radical (unpaired) electrons. The van der Waals surface area contributed by atoms with Gasteiger partial charge in [-0.3, -0.25) is 4.90 Å². The van der Waals surface area contributed by atoms with E-state index >= 15 is 0 Å². The number of benzene rings is 1. The highest BCUT2D eigenvalue weighted by atomic mass is 16.3. The molecule has 1 aliphatic heterocycles. The topological polar surface area (TPSA) is 23.5 Å². The van der Waals surface area contributed by atoms with Crippen LogP contribution in [0.1, 0.15) is 31.9 Å². The van der Waals surface area contributed by atoms with Crippen molar-refractivity contribution in [2.75, 3.05) is 6.54 Å². The maximum atomic E-state index is 9.73. The van der Waals surface area contributed by atoms with Crippen molar-refractivity contribution in [3.05, 3.63) is 29.3 Å². The summed E-state index contributed by atoms with van der Waals surface area (Å²) in [7, 11) is 0. The van der Waals surface area contributed by atoms with Crippen LogP contribution in [0, 0.1) is 0 Å². The van der Waals surface area contributed by atoms with Crippen molar-refractivity contribution >= 4 is 0 Å². The van der Waals surface area contributed by atoms with Gasteiger partial charge in [0.1, 0.15) is 5.75 Å². The van der Waals surface area contributed by atoms with E-state index < -0.39 is 0 Å². The molecule has 1 heterocycles. The molecule has 82 valence electrons. The van der Waals surface area contributed by atoms with Gasteiger partial charge in [0.2, 0.25) is 0 Å². The Labute approximate surface area is 91.5 Å². The Kier molecular flexibility index (Phi) is 2.47. The molecular weight excluding hydrogens is 186 g/mol. The molecule has 0 bridgehead atoms. The Balaban J connectivity index is 2.28. The summed E-state index contributed by atoms with van der Waals surface area (Å²) in [6.07, 6.45) is 0.958. The van der Waals surface area contributed by atoms with E-state index in [-0.39, 0.29) is 5.54 Å². The quantitative estimate of drug-likeness (QED) is 0.703. The van der Waals surface area contributed by atoms with Gasteiger partial charge < -0.3 is 5.11 Å². The SMILES string of the molecule is CC(C)(C)N1CCc2c(O)cccc2C1. The highest BCUT2D eigenvalue weighted by Gasteiger charge is 2.26. The van der Waals surface area contributed by atoms with Gasteiger partial charge in [0.15, 0.2) is 0 Å². The Morgan fingerprint density at radius 1 is 1.27 bits per heavy atom. The lowest BCUT2D eigenvalue weighted by molar-refractivity contribution is 0.120. The minimum absolute atomic E-state index is 0.211. The van der Waals surface area contributed by atoms with E-state index in [1.54, 1.807) is 6.07 Å². The summed E-state index contributed by atoms with van der Waals surface area (Å²) < 4.78 is 0. The standard InChI is InChI=1S/C13H19NO/c1-13(2,3)14-8-7-11-10(9-14)5-4-6-12(11)15/h4-6,15H,7-9H2,1-3H3. The Hall–Kier alpha value is -1.02. The summed E-state index contributed by atoms with van der Waals surface area (Å²) in [6, 6.07) is 5.83. The molecule has 0 fully saturated rings. The van der Waals surface area contributed by atoms with Crippen molar-refractivity contribution in [1.29, 1.82) is 0 Å². The maximum Gasteiger partial charge on any atom is 0.119 e. The lowest BCUT2D eigenvalue weighted by Gasteiger charge is -2.39. The minimum atomic E-state index is 0.211. The zero-order chi connectivity index (χ0) is 11.1. The number of phenols is 1. The largest absolute Gasteiger partial charge is 0.508 e. The first kappa shape index (κ1) is 10.5. The lowest BCUT2D eigenvalue weighted by atomic mass is 9.94. The van der Waals surface area contributed by atoms with Crippen molar-refractivity contribution in [2.45, 2.75) is 39.3 Å². The van der Waals surface area contributed by atoms with Crippen LogP contribution in [0.15, 0.2) is 18.2 Å². The number of phenolic OH excluding ortho intramolecular Hbond substituents is 1. The van der Waals surface area contributed by atoms with Crippen LogP contribution >= 0.6 is 0 Å². The zero-order valence-electron chi connectivity index (χ0n) is 9.75. The molecule has 0 aromatic heterocycles. The molecule has 0 unspecified atom stereocenters. The second kappa shape index (κ2) is 3.53. The second-order valence-corrected chi connectivity index (χ2v) is 5.26. The number of fused-ring (bicyclic) bond motifs is 1. The average molecular weight is 205 g/mol. The number of aromatic hydroxyl groups is 1. The summed E-state index contributed by atoms with van der Waals surface area (Å²) in [5, 5.41) is 9.73. The molecule has 1 aromatic carbocycles. The van der Waals surface area contributed by atoms with E-state index in [4.69, 9.17) is 0 Å². The van der Waals surface area contributed by atoms with Crippen LogP contribution in [-0.2, 0) is 13.0 Å². The summed E-state index contributed by atoms with van der Waals surface area (Å²) >= 11 is 0. The van der Waals surface area contributed by atoms with Crippen LogP contribution in [0.4, 0.5) is 0 Å². The second-order valence-electron chi connectivity index (χ2n) is 5.26. The Morgan fingerprint density at radius 2 is 2.00 bits per heavy atom. The number of hydrogen-bond donors (Lipinski definition) is 1. The van der Waals surface area contributed by atoms with Gasteiger partial charge in [-0.2, -0.15) is 0 Å². The fourth-order valence-corrected chi connectivity index (χ4v) is 2.16. The van der Waals surface area contributed by atoms with Crippen LogP contribution in [-0.4, -0.2) is 22.1 Å². The fraction of sp³-hybridized carbons (Fsp3) is 0.538. The van der Waals surface area contributed by atoms with Crippen LogP contribution in [0.25, 0.3) is 0 Å². The van der Waals surface area contributed by atoms with Gasteiger partial charge in [-0.1, -0.05) is 12.1 Å². The normalized spacial score (nSPS) is 17.5. The van der Waals surface area contributed by atoms with Gasteiger partial charge in [0.05, 0.1) is 0 Å². The molecule has 0 saturated heterocycles. The number of hydrogen-bond acceptors (Lipinski definition) is 2. The summed E-state index contributed by atoms with van der Waals surface area (Å²) in [6.45, 7) is 8.70. The molecule has 1 aromatic rings. The summed E-state index contributed by atoms with van der Waals surface area (Å²) in [5.41, 5.74) is 2.62.